The molecule has 3 aromatic rings. The number of carbonyl (C=O) groups is 1. The van der Waals surface area contributed by atoms with E-state index in [2.05, 4.69) is 20.9 Å². The Balaban J connectivity index is 1.81. The number of halogens is 1. The molecule has 0 radical (unpaired) electrons. The standard InChI is InChI=1S/C18H15BrN4O4/c1-21(9-12-4-2-3-5-15(12)19)17(24)10-22-11-20-16-8-13(23(26)27)6-7-14(16)18(22)25/h2-8,11H,9-10H2,1H3. The number of hydrogen-bond donors (Lipinski definition) is 0. The van der Waals surface area contributed by atoms with E-state index in [1.54, 1.807) is 7.05 Å². The average molecular weight is 431 g/mol. The van der Waals surface area contributed by atoms with Gasteiger partial charge in [-0.1, -0.05) is 34.1 Å². The second-order valence-electron chi connectivity index (χ2n) is 5.98. The Morgan fingerprint density at radius 1 is 1.30 bits per heavy atom. The Bertz CT molecular complexity index is 1100. The van der Waals surface area contributed by atoms with E-state index < -0.39 is 10.5 Å². The smallest absolute Gasteiger partial charge is 0.271 e. The van der Waals surface area contributed by atoms with Crippen molar-refractivity contribution < 1.29 is 9.72 Å². The number of aromatic nitrogens is 2. The molecule has 0 aliphatic heterocycles. The van der Waals surface area contributed by atoms with Crippen LogP contribution in [0.4, 0.5) is 5.69 Å². The summed E-state index contributed by atoms with van der Waals surface area (Å²) in [4.78, 5) is 40.9. The number of benzene rings is 2. The molecule has 138 valence electrons. The molecule has 0 N–H and O–H groups in total. The van der Waals surface area contributed by atoms with E-state index in [0.29, 0.717) is 6.54 Å². The van der Waals surface area contributed by atoms with Gasteiger partial charge in [0.1, 0.15) is 6.54 Å². The summed E-state index contributed by atoms with van der Waals surface area (Å²) in [6.45, 7) is 0.224. The first-order chi connectivity index (χ1) is 12.9. The lowest BCUT2D eigenvalue weighted by atomic mass is 10.2. The molecule has 0 aliphatic rings. The van der Waals surface area contributed by atoms with E-state index in [4.69, 9.17) is 0 Å². The van der Waals surface area contributed by atoms with Gasteiger partial charge in [0.15, 0.2) is 0 Å². The van der Waals surface area contributed by atoms with Gasteiger partial charge in [-0.2, -0.15) is 0 Å². The fraction of sp³-hybridized carbons (Fsp3) is 0.167. The number of carbonyl (C=O) groups excluding carboxylic acids is 1. The average Bonchev–Trinajstić information content (AvgIpc) is 2.65. The highest BCUT2D eigenvalue weighted by Gasteiger charge is 2.15. The lowest BCUT2D eigenvalue weighted by Gasteiger charge is -2.18. The minimum Gasteiger partial charge on any atom is -0.340 e. The summed E-state index contributed by atoms with van der Waals surface area (Å²) in [5, 5.41) is 11.1. The van der Waals surface area contributed by atoms with Crippen molar-refractivity contribution in [3.8, 4) is 0 Å². The second-order valence-corrected chi connectivity index (χ2v) is 6.83. The van der Waals surface area contributed by atoms with E-state index in [1.807, 2.05) is 24.3 Å². The van der Waals surface area contributed by atoms with Gasteiger partial charge in [-0.25, -0.2) is 4.98 Å². The van der Waals surface area contributed by atoms with Crippen molar-refractivity contribution in [2.45, 2.75) is 13.1 Å². The van der Waals surface area contributed by atoms with Gasteiger partial charge in [-0.05, 0) is 17.7 Å². The van der Waals surface area contributed by atoms with Gasteiger partial charge < -0.3 is 4.90 Å². The Hall–Kier alpha value is -3.07. The van der Waals surface area contributed by atoms with Crippen molar-refractivity contribution in [2.24, 2.45) is 0 Å². The number of rotatable bonds is 5. The highest BCUT2D eigenvalue weighted by molar-refractivity contribution is 9.10. The maximum absolute atomic E-state index is 12.6. The van der Waals surface area contributed by atoms with Crippen LogP contribution in [0.5, 0.6) is 0 Å². The van der Waals surface area contributed by atoms with Crippen LogP contribution in [0.1, 0.15) is 5.56 Å². The third kappa shape index (κ3) is 4.03. The summed E-state index contributed by atoms with van der Waals surface area (Å²) in [6, 6.07) is 11.4. The molecule has 1 amide bonds. The monoisotopic (exact) mass is 430 g/mol. The molecule has 1 aromatic heterocycles. The number of fused-ring (bicyclic) bond motifs is 1. The van der Waals surface area contributed by atoms with Gasteiger partial charge in [0.05, 0.1) is 22.2 Å². The van der Waals surface area contributed by atoms with Gasteiger partial charge in [-0.15, -0.1) is 0 Å². The first-order valence-corrected chi connectivity index (χ1v) is 8.77. The quantitative estimate of drug-likeness (QED) is 0.457. The molecule has 0 spiro atoms. The maximum atomic E-state index is 12.6. The lowest BCUT2D eigenvalue weighted by Crippen LogP contribution is -2.33. The van der Waals surface area contributed by atoms with E-state index in [0.717, 1.165) is 10.0 Å². The third-order valence-electron chi connectivity index (χ3n) is 4.12. The van der Waals surface area contributed by atoms with E-state index >= 15 is 0 Å². The number of nitro groups is 1. The van der Waals surface area contributed by atoms with Crippen molar-refractivity contribution in [3.63, 3.8) is 0 Å². The molecule has 0 saturated carbocycles. The van der Waals surface area contributed by atoms with E-state index in [1.165, 1.54) is 34.0 Å². The normalized spacial score (nSPS) is 10.7. The van der Waals surface area contributed by atoms with Gasteiger partial charge in [0.25, 0.3) is 11.2 Å². The van der Waals surface area contributed by atoms with Crippen LogP contribution in [0.3, 0.4) is 0 Å². The van der Waals surface area contributed by atoms with Gasteiger partial charge in [0, 0.05) is 30.2 Å². The molecule has 0 aliphatic carbocycles. The Morgan fingerprint density at radius 2 is 2.04 bits per heavy atom. The summed E-state index contributed by atoms with van der Waals surface area (Å²) in [7, 11) is 1.66. The molecular weight excluding hydrogens is 416 g/mol. The van der Waals surface area contributed by atoms with Crippen LogP contribution in [0.2, 0.25) is 0 Å². The molecule has 8 nitrogen and oxygen atoms in total. The summed E-state index contributed by atoms with van der Waals surface area (Å²) in [5.74, 6) is -0.254. The highest BCUT2D eigenvalue weighted by atomic mass is 79.9. The third-order valence-corrected chi connectivity index (χ3v) is 4.89. The fourth-order valence-electron chi connectivity index (χ4n) is 2.61. The second kappa shape index (κ2) is 7.67. The van der Waals surface area contributed by atoms with Crippen LogP contribution in [-0.4, -0.2) is 32.3 Å². The zero-order valence-corrected chi connectivity index (χ0v) is 15.9. The summed E-state index contributed by atoms with van der Waals surface area (Å²) in [5.41, 5.74) is 0.609. The molecular formula is C18H15BrN4O4. The van der Waals surface area contributed by atoms with Crippen LogP contribution in [0.25, 0.3) is 10.9 Å². The molecule has 0 unspecified atom stereocenters. The summed E-state index contributed by atoms with van der Waals surface area (Å²) in [6.07, 6.45) is 1.23. The molecule has 9 heteroatoms. The molecule has 0 saturated heterocycles. The first kappa shape index (κ1) is 18.7. The predicted octanol–water partition coefficient (Wildman–Crippen LogP) is 2.73. The van der Waals surface area contributed by atoms with Crippen LogP contribution in [0.15, 0.2) is 58.1 Å². The van der Waals surface area contributed by atoms with Gasteiger partial charge in [-0.3, -0.25) is 24.3 Å². The molecule has 0 bridgehead atoms. The van der Waals surface area contributed by atoms with Crippen molar-refractivity contribution in [3.05, 3.63) is 79.3 Å². The zero-order chi connectivity index (χ0) is 19.6. The predicted molar refractivity (Wildman–Crippen MR) is 103 cm³/mol. The molecule has 3 rings (SSSR count). The number of likely N-dealkylation sites (N-methyl/N-ethyl adjacent to an activating group) is 1. The Labute approximate surface area is 162 Å². The van der Waals surface area contributed by atoms with E-state index in [9.17, 15) is 19.7 Å². The number of amides is 1. The van der Waals surface area contributed by atoms with Crippen molar-refractivity contribution >= 4 is 38.4 Å². The van der Waals surface area contributed by atoms with Crippen LogP contribution in [0, 0.1) is 10.1 Å². The summed E-state index contributed by atoms with van der Waals surface area (Å²) < 4.78 is 2.10. The number of non-ortho nitro benzene ring substituents is 1. The SMILES string of the molecule is CN(Cc1ccccc1Br)C(=O)Cn1cnc2cc([N+](=O)[O-])ccc2c1=O. The highest BCUT2D eigenvalue weighted by Crippen LogP contribution is 2.18. The number of hydrogen-bond acceptors (Lipinski definition) is 5. The topological polar surface area (TPSA) is 98.3 Å². The minimum absolute atomic E-state index is 0.142. The van der Waals surface area contributed by atoms with Crippen LogP contribution < -0.4 is 5.56 Å². The fourth-order valence-corrected chi connectivity index (χ4v) is 3.02. The number of nitrogens with zero attached hydrogens (tertiary/aromatic N) is 4. The molecule has 2 aromatic carbocycles. The van der Waals surface area contributed by atoms with Crippen molar-refractivity contribution in [1.29, 1.82) is 0 Å². The number of nitro benzene ring substituents is 1. The molecule has 0 atom stereocenters. The Morgan fingerprint density at radius 3 is 2.74 bits per heavy atom. The molecule has 27 heavy (non-hydrogen) atoms. The maximum Gasteiger partial charge on any atom is 0.271 e. The van der Waals surface area contributed by atoms with Crippen molar-refractivity contribution in [1.82, 2.24) is 14.5 Å². The Kier molecular flexibility index (Phi) is 5.31. The first-order valence-electron chi connectivity index (χ1n) is 7.98. The molecule has 1 heterocycles. The minimum atomic E-state index is -0.549. The van der Waals surface area contributed by atoms with E-state index in [-0.39, 0.29) is 29.0 Å². The van der Waals surface area contributed by atoms with Gasteiger partial charge in [0.2, 0.25) is 5.91 Å². The summed E-state index contributed by atoms with van der Waals surface area (Å²) >= 11 is 3.44. The largest absolute Gasteiger partial charge is 0.340 e. The lowest BCUT2D eigenvalue weighted by molar-refractivity contribution is -0.384. The van der Waals surface area contributed by atoms with Crippen LogP contribution in [-0.2, 0) is 17.9 Å². The molecule has 0 fully saturated rings. The zero-order valence-electron chi connectivity index (χ0n) is 14.3. The van der Waals surface area contributed by atoms with Crippen molar-refractivity contribution in [2.75, 3.05) is 7.05 Å². The van der Waals surface area contributed by atoms with Crippen LogP contribution >= 0.6 is 15.9 Å². The van der Waals surface area contributed by atoms with Gasteiger partial charge >= 0.3 is 0 Å².